The molecular weight excluding hydrogens is 258 g/mol. The number of aromatic nitrogens is 1. The molecule has 20 heavy (non-hydrogen) atoms. The topological polar surface area (TPSA) is 64.7 Å². The quantitative estimate of drug-likeness (QED) is 0.879. The van der Waals surface area contributed by atoms with Crippen LogP contribution in [0, 0.1) is 6.92 Å². The van der Waals surface area contributed by atoms with E-state index in [1.54, 1.807) is 20.1 Å². The number of aliphatic hydroxyl groups is 1. The van der Waals surface area contributed by atoms with E-state index < -0.39 is 6.10 Å². The number of benzene rings is 1. The molecule has 0 aliphatic heterocycles. The van der Waals surface area contributed by atoms with Crippen molar-refractivity contribution in [2.45, 2.75) is 33.2 Å². The van der Waals surface area contributed by atoms with Gasteiger partial charge < -0.3 is 19.1 Å². The Balaban J connectivity index is 2.06. The van der Waals surface area contributed by atoms with Crippen molar-refractivity contribution >= 4 is 0 Å². The third-order valence-electron chi connectivity index (χ3n) is 2.89. The molecule has 108 valence electrons. The Bertz CT molecular complexity index is 563. The van der Waals surface area contributed by atoms with Gasteiger partial charge in [0, 0.05) is 18.7 Å². The van der Waals surface area contributed by atoms with Crippen LogP contribution in [0.25, 0.3) is 0 Å². The molecule has 1 atom stereocenters. The first-order valence-electron chi connectivity index (χ1n) is 6.45. The van der Waals surface area contributed by atoms with Gasteiger partial charge in [-0.1, -0.05) is 16.8 Å². The van der Waals surface area contributed by atoms with Crippen molar-refractivity contribution in [3.63, 3.8) is 0 Å². The van der Waals surface area contributed by atoms with Crippen LogP contribution in [0.3, 0.4) is 0 Å². The zero-order chi connectivity index (χ0) is 14.5. The second-order valence-corrected chi connectivity index (χ2v) is 4.72. The fourth-order valence-corrected chi connectivity index (χ4v) is 1.91. The predicted octanol–water partition coefficient (Wildman–Crippen LogP) is 2.76. The molecule has 5 heteroatoms. The minimum absolute atomic E-state index is 0.288. The molecule has 2 rings (SSSR count). The number of aliphatic hydroxyl groups excluding tert-OH is 1. The van der Waals surface area contributed by atoms with E-state index >= 15 is 0 Å². The first-order chi connectivity index (χ1) is 9.60. The van der Waals surface area contributed by atoms with E-state index in [-0.39, 0.29) is 6.61 Å². The van der Waals surface area contributed by atoms with Crippen LogP contribution in [0.2, 0.25) is 0 Å². The number of hydrogen-bond acceptors (Lipinski definition) is 5. The largest absolute Gasteiger partial charge is 0.487 e. The highest BCUT2D eigenvalue weighted by atomic mass is 16.5. The van der Waals surface area contributed by atoms with Gasteiger partial charge in [-0.15, -0.1) is 0 Å². The van der Waals surface area contributed by atoms with Gasteiger partial charge in [0.1, 0.15) is 24.7 Å². The molecule has 0 saturated heterocycles. The lowest BCUT2D eigenvalue weighted by molar-refractivity contribution is 0.155. The second kappa shape index (κ2) is 6.54. The number of nitrogens with zero attached hydrogens (tertiary/aromatic N) is 1. The molecular formula is C15H19NO4. The molecule has 1 heterocycles. The fourth-order valence-electron chi connectivity index (χ4n) is 1.91. The van der Waals surface area contributed by atoms with Crippen LogP contribution in [-0.2, 0) is 18.0 Å². The number of aryl methyl sites for hydroxylation is 1. The van der Waals surface area contributed by atoms with Gasteiger partial charge in [0.25, 0.3) is 0 Å². The van der Waals surface area contributed by atoms with E-state index in [1.807, 2.05) is 25.1 Å². The van der Waals surface area contributed by atoms with E-state index in [4.69, 9.17) is 14.0 Å². The fraction of sp³-hybridized carbons (Fsp3) is 0.400. The molecule has 2 aromatic rings. The Kier molecular flexibility index (Phi) is 4.76. The Morgan fingerprint density at radius 2 is 2.10 bits per heavy atom. The molecule has 1 N–H and O–H groups in total. The summed E-state index contributed by atoms with van der Waals surface area (Å²) in [6.07, 6.45) is -0.578. The highest BCUT2D eigenvalue weighted by molar-refractivity contribution is 5.38. The van der Waals surface area contributed by atoms with Crippen molar-refractivity contribution in [3.05, 3.63) is 46.8 Å². The minimum atomic E-state index is -0.578. The van der Waals surface area contributed by atoms with Crippen molar-refractivity contribution in [1.82, 2.24) is 5.16 Å². The highest BCUT2D eigenvalue weighted by Crippen LogP contribution is 2.26. The minimum Gasteiger partial charge on any atom is -0.487 e. The summed E-state index contributed by atoms with van der Waals surface area (Å²) < 4.78 is 15.8. The summed E-state index contributed by atoms with van der Waals surface area (Å²) >= 11 is 0. The molecule has 1 aromatic heterocycles. The summed E-state index contributed by atoms with van der Waals surface area (Å²) in [5.41, 5.74) is 2.54. The third-order valence-corrected chi connectivity index (χ3v) is 2.89. The van der Waals surface area contributed by atoms with E-state index in [0.717, 1.165) is 11.1 Å². The number of methoxy groups -OCH3 is 1. The Hall–Kier alpha value is -1.85. The Labute approximate surface area is 118 Å². The average Bonchev–Trinajstić information content (AvgIpc) is 2.85. The Morgan fingerprint density at radius 3 is 2.80 bits per heavy atom. The number of ether oxygens (including phenoxy) is 2. The molecule has 0 aliphatic rings. The summed E-state index contributed by atoms with van der Waals surface area (Å²) in [6.45, 7) is 4.37. The molecule has 0 unspecified atom stereocenters. The number of hydrogen-bond donors (Lipinski definition) is 1. The molecule has 1 aromatic carbocycles. The molecule has 0 aliphatic carbocycles. The lowest BCUT2D eigenvalue weighted by Crippen LogP contribution is -2.01. The van der Waals surface area contributed by atoms with Gasteiger partial charge in [-0.3, -0.25) is 0 Å². The summed E-state index contributed by atoms with van der Waals surface area (Å²) in [5.74, 6) is 1.31. The second-order valence-electron chi connectivity index (χ2n) is 4.72. The van der Waals surface area contributed by atoms with Gasteiger partial charge in [0.15, 0.2) is 5.76 Å². The van der Waals surface area contributed by atoms with Gasteiger partial charge in [-0.25, -0.2) is 0 Å². The van der Waals surface area contributed by atoms with Crippen LogP contribution in [0.15, 0.2) is 28.8 Å². The van der Waals surface area contributed by atoms with E-state index in [0.29, 0.717) is 23.8 Å². The SMILES string of the molecule is COCc1cc(COc2ccc(C)cc2[C@@H](C)O)no1. The Morgan fingerprint density at radius 1 is 1.30 bits per heavy atom. The van der Waals surface area contributed by atoms with Crippen molar-refractivity contribution in [2.24, 2.45) is 0 Å². The molecule has 0 bridgehead atoms. The zero-order valence-electron chi connectivity index (χ0n) is 11.9. The van der Waals surface area contributed by atoms with E-state index in [1.165, 1.54) is 0 Å². The van der Waals surface area contributed by atoms with Gasteiger partial charge in [0.2, 0.25) is 0 Å². The first kappa shape index (κ1) is 14.6. The smallest absolute Gasteiger partial charge is 0.162 e. The van der Waals surface area contributed by atoms with Gasteiger partial charge in [0.05, 0.1) is 6.10 Å². The summed E-state index contributed by atoms with van der Waals surface area (Å²) in [5, 5.41) is 13.7. The van der Waals surface area contributed by atoms with Crippen LogP contribution in [0.1, 0.15) is 35.6 Å². The van der Waals surface area contributed by atoms with Crippen molar-refractivity contribution in [2.75, 3.05) is 7.11 Å². The molecule has 0 fully saturated rings. The maximum atomic E-state index is 9.77. The van der Waals surface area contributed by atoms with E-state index in [2.05, 4.69) is 5.16 Å². The summed E-state index contributed by atoms with van der Waals surface area (Å²) in [7, 11) is 1.60. The highest BCUT2D eigenvalue weighted by Gasteiger charge is 2.11. The van der Waals surface area contributed by atoms with Crippen molar-refractivity contribution in [3.8, 4) is 5.75 Å². The maximum absolute atomic E-state index is 9.77. The first-order valence-corrected chi connectivity index (χ1v) is 6.45. The lowest BCUT2D eigenvalue weighted by atomic mass is 10.1. The van der Waals surface area contributed by atoms with Gasteiger partial charge in [-0.2, -0.15) is 0 Å². The van der Waals surface area contributed by atoms with Gasteiger partial charge in [-0.05, 0) is 26.0 Å². The summed E-state index contributed by atoms with van der Waals surface area (Å²) in [6, 6.07) is 7.51. The van der Waals surface area contributed by atoms with E-state index in [9.17, 15) is 5.11 Å². The van der Waals surface area contributed by atoms with Crippen LogP contribution in [-0.4, -0.2) is 17.4 Å². The zero-order valence-corrected chi connectivity index (χ0v) is 11.9. The molecule has 0 spiro atoms. The predicted molar refractivity (Wildman–Crippen MR) is 73.4 cm³/mol. The standard InChI is InChI=1S/C15H19NO4/c1-10-4-5-15(14(6-10)11(2)17)19-8-12-7-13(9-18-3)20-16-12/h4-7,11,17H,8-9H2,1-3H3/t11-/m1/s1. The van der Waals surface area contributed by atoms with Crippen molar-refractivity contribution in [1.29, 1.82) is 0 Å². The molecule has 0 saturated carbocycles. The number of rotatable bonds is 6. The molecule has 0 amide bonds. The van der Waals surface area contributed by atoms with Crippen LogP contribution < -0.4 is 4.74 Å². The monoisotopic (exact) mass is 277 g/mol. The van der Waals surface area contributed by atoms with Crippen LogP contribution in [0.5, 0.6) is 5.75 Å². The lowest BCUT2D eigenvalue weighted by Gasteiger charge is -2.13. The average molecular weight is 277 g/mol. The summed E-state index contributed by atoms with van der Waals surface area (Å²) in [4.78, 5) is 0. The van der Waals surface area contributed by atoms with Gasteiger partial charge >= 0.3 is 0 Å². The normalized spacial score (nSPS) is 12.4. The van der Waals surface area contributed by atoms with Crippen LogP contribution in [0.4, 0.5) is 0 Å². The van der Waals surface area contributed by atoms with Crippen LogP contribution >= 0.6 is 0 Å². The van der Waals surface area contributed by atoms with Crippen molar-refractivity contribution < 1.29 is 19.1 Å². The molecule has 5 nitrogen and oxygen atoms in total. The molecule has 0 radical (unpaired) electrons. The third kappa shape index (κ3) is 3.59. The maximum Gasteiger partial charge on any atom is 0.162 e.